The van der Waals surface area contributed by atoms with E-state index in [2.05, 4.69) is 193 Å². The van der Waals surface area contributed by atoms with Crippen LogP contribution in [-0.4, -0.2) is 3.21 Å². The molecule has 9 aromatic rings. The van der Waals surface area contributed by atoms with Crippen LogP contribution in [0.5, 0.6) is 0 Å². The molecule has 10 rings (SSSR count). The number of rotatable bonds is 4. The van der Waals surface area contributed by atoms with E-state index in [1.165, 1.54) is 115 Å². The summed E-state index contributed by atoms with van der Waals surface area (Å²) in [5, 5.41) is 11.9. The molecule has 0 spiro atoms. The first-order chi connectivity index (χ1) is 29.7. The molecule has 0 aliphatic heterocycles. The molecule has 64 heavy (non-hydrogen) atoms. The molecule has 0 N–H and O–H groups in total. The van der Waals surface area contributed by atoms with Crippen LogP contribution in [0.1, 0.15) is 70.2 Å². The van der Waals surface area contributed by atoms with Crippen LogP contribution >= 0.6 is 48.0 Å². The summed E-state index contributed by atoms with van der Waals surface area (Å²) in [6, 6.07) is 58.9. The maximum atomic E-state index is 6.20. The Bertz CT molecular complexity index is 2930. The molecule has 0 radical (unpaired) electrons. The van der Waals surface area contributed by atoms with Gasteiger partial charge in [0.2, 0.25) is 0 Å². The average Bonchev–Trinajstić information content (AvgIpc) is 3.97. The van der Waals surface area contributed by atoms with E-state index in [1.807, 2.05) is 36.4 Å². The van der Waals surface area contributed by atoms with Crippen molar-refractivity contribution in [1.29, 1.82) is 0 Å². The quantitative estimate of drug-likeness (QED) is 0.154. The normalized spacial score (nSPS) is 12.0. The van der Waals surface area contributed by atoms with Crippen molar-refractivity contribution in [2.24, 2.45) is 0 Å². The standard InChI is InChI=1S/C33H31Cl2.C21H14.C5H5.2ClH.Zr/c1-32(2,3)30-18-26-22(16-28(30)20-7-11-24(34)12-8-20)15-23-17-29(21-9-13-25(35)14-10-21)31(19-27(23)26)33(4,5)6;1-3-7-20-14-16(9-11-18(20)5-1)13-17-10-12-19-6-2-4-8-21(19)15-17;1-2-4-5-3-1;;;/h7-19H,1-6H3;1-12,14-15H;1-3H,4H2;2*1H;/q-1;;-1;;;+2. The van der Waals surface area contributed by atoms with Crippen molar-refractivity contribution in [3.8, 4) is 22.3 Å². The minimum absolute atomic E-state index is 0. The fraction of sp³-hybridized carbons (Fsp3) is 0.153. The second-order valence-corrected chi connectivity index (χ2v) is 20.2. The molecule has 0 amide bonds. The van der Waals surface area contributed by atoms with Crippen molar-refractivity contribution >= 4 is 94.3 Å². The molecule has 0 aromatic heterocycles. The third-order valence-corrected chi connectivity index (χ3v) is 13.5. The monoisotopic (exact) mass is 990 g/mol. The molecule has 0 fully saturated rings. The van der Waals surface area contributed by atoms with E-state index >= 15 is 0 Å². The number of hydrogen-bond donors (Lipinski definition) is 0. The summed E-state index contributed by atoms with van der Waals surface area (Å²) in [7, 11) is 0. The maximum absolute atomic E-state index is 6.20. The third kappa shape index (κ3) is 11.1. The summed E-state index contributed by atoms with van der Waals surface area (Å²) >= 11 is 13.8. The molecule has 1 aliphatic rings. The van der Waals surface area contributed by atoms with Crippen LogP contribution in [0.3, 0.4) is 0 Å². The van der Waals surface area contributed by atoms with Gasteiger partial charge in [-0.25, -0.2) is 12.2 Å². The Morgan fingerprint density at radius 1 is 0.516 bits per heavy atom. The molecule has 0 bridgehead atoms. The first-order valence-corrected chi connectivity index (χ1v) is 23.2. The number of allylic oxidation sites excluding steroid dienone is 4. The number of benzene rings is 8. The van der Waals surface area contributed by atoms with E-state index in [0.717, 1.165) is 16.5 Å². The van der Waals surface area contributed by atoms with Gasteiger partial charge >= 0.3 is 145 Å². The molecular formula is C59H52Cl4Zr. The van der Waals surface area contributed by atoms with E-state index < -0.39 is 0 Å². The van der Waals surface area contributed by atoms with Crippen LogP contribution < -0.4 is 0 Å². The van der Waals surface area contributed by atoms with E-state index in [4.69, 9.17) is 23.2 Å². The molecule has 0 nitrogen and oxygen atoms in total. The van der Waals surface area contributed by atoms with Crippen LogP contribution in [-0.2, 0) is 35.1 Å². The van der Waals surface area contributed by atoms with Crippen molar-refractivity contribution in [2.45, 2.75) is 58.8 Å². The fourth-order valence-corrected chi connectivity index (χ4v) is 9.30. The van der Waals surface area contributed by atoms with Gasteiger partial charge in [0.15, 0.2) is 0 Å². The molecule has 0 unspecified atom stereocenters. The summed E-state index contributed by atoms with van der Waals surface area (Å²) < 4.78 is 1.41. The van der Waals surface area contributed by atoms with E-state index in [0.29, 0.717) is 0 Å². The minimum atomic E-state index is 0. The van der Waals surface area contributed by atoms with Gasteiger partial charge in [0.25, 0.3) is 0 Å². The third-order valence-electron chi connectivity index (χ3n) is 11.6. The van der Waals surface area contributed by atoms with Gasteiger partial charge in [-0.1, -0.05) is 101 Å². The molecule has 1 aliphatic carbocycles. The van der Waals surface area contributed by atoms with Gasteiger partial charge in [-0.05, 0) is 68.5 Å². The number of hydrogen-bond acceptors (Lipinski definition) is 0. The van der Waals surface area contributed by atoms with E-state index in [-0.39, 0.29) is 35.6 Å². The van der Waals surface area contributed by atoms with Gasteiger partial charge in [0.05, 0.1) is 0 Å². The zero-order valence-electron chi connectivity index (χ0n) is 37.1. The van der Waals surface area contributed by atoms with Crippen molar-refractivity contribution in [2.75, 3.05) is 0 Å². The van der Waals surface area contributed by atoms with Crippen LogP contribution in [0, 0.1) is 6.08 Å². The molecular weight excluding hydrogens is 942 g/mol. The van der Waals surface area contributed by atoms with Crippen LogP contribution in [0.15, 0.2) is 182 Å². The van der Waals surface area contributed by atoms with E-state index in [9.17, 15) is 0 Å². The molecule has 9 aromatic carbocycles. The Kier molecular flexibility index (Phi) is 15.9. The van der Waals surface area contributed by atoms with Crippen molar-refractivity contribution in [3.05, 3.63) is 220 Å². The van der Waals surface area contributed by atoms with Gasteiger partial charge in [-0.2, -0.15) is 6.08 Å². The predicted octanol–water partition coefficient (Wildman–Crippen LogP) is 18.2. The molecule has 5 heteroatoms. The summed E-state index contributed by atoms with van der Waals surface area (Å²) in [6.45, 7) is 13.7. The molecule has 0 atom stereocenters. The first-order valence-electron chi connectivity index (χ1n) is 21.3. The van der Waals surface area contributed by atoms with Gasteiger partial charge in [0, 0.05) is 10.0 Å². The fourth-order valence-electron chi connectivity index (χ4n) is 8.28. The van der Waals surface area contributed by atoms with Crippen LogP contribution in [0.4, 0.5) is 0 Å². The zero-order valence-corrected chi connectivity index (χ0v) is 42.7. The Labute approximate surface area is 416 Å². The van der Waals surface area contributed by atoms with Crippen molar-refractivity contribution in [3.63, 3.8) is 0 Å². The number of halogens is 4. The van der Waals surface area contributed by atoms with Gasteiger partial charge in [0.1, 0.15) is 0 Å². The Morgan fingerprint density at radius 2 is 0.922 bits per heavy atom. The van der Waals surface area contributed by atoms with Gasteiger partial charge in [-0.3, -0.25) is 6.08 Å². The average molecular weight is 994 g/mol. The molecule has 0 heterocycles. The summed E-state index contributed by atoms with van der Waals surface area (Å²) in [5.74, 6) is 0. The zero-order chi connectivity index (χ0) is 43.6. The second-order valence-electron chi connectivity index (χ2n) is 18.1. The second kappa shape index (κ2) is 20.8. The van der Waals surface area contributed by atoms with Crippen LogP contribution in [0.25, 0.3) is 65.3 Å². The predicted molar refractivity (Wildman–Crippen MR) is 283 cm³/mol. The van der Waals surface area contributed by atoms with Crippen molar-refractivity contribution in [1.82, 2.24) is 0 Å². The molecule has 0 saturated carbocycles. The summed E-state index contributed by atoms with van der Waals surface area (Å²) in [4.78, 5) is 0. The Balaban J connectivity index is 0.000000200. The number of fused-ring (bicyclic) bond motifs is 5. The van der Waals surface area contributed by atoms with Crippen LogP contribution in [0.2, 0.25) is 10.0 Å². The summed E-state index contributed by atoms with van der Waals surface area (Å²) in [6.07, 6.45) is 10.0. The molecule has 0 saturated heterocycles. The topological polar surface area (TPSA) is 0 Å². The van der Waals surface area contributed by atoms with Crippen molar-refractivity contribution < 1.29 is 24.2 Å². The summed E-state index contributed by atoms with van der Waals surface area (Å²) in [5.41, 5.74) is 10.3. The van der Waals surface area contributed by atoms with Gasteiger partial charge < -0.3 is 0 Å². The SMILES string of the molecule is CC(C)(C)c1cc2c(cc1-c1ccc(Cl)cc1)[cH-]c1cc(-c3ccc(Cl)cc3)c(C(C)(C)C)cc12.Cl.Cl.[C-]1=CC=CC1.[Zr+2]=[C](c1ccc2ccccc2c1)c1ccc2ccccc2c1. The first kappa shape index (κ1) is 49.0. The Hall–Kier alpha value is -4.46. The Morgan fingerprint density at radius 3 is 1.27 bits per heavy atom. The van der Waals surface area contributed by atoms with Gasteiger partial charge in [-0.15, -0.1) is 71.0 Å². The van der Waals surface area contributed by atoms with E-state index in [1.54, 1.807) is 0 Å². The molecule has 320 valence electrons.